The Kier molecular flexibility index (Phi) is 6.71. The molecule has 1 aliphatic rings. The van der Waals surface area contributed by atoms with Crippen LogP contribution in [0.2, 0.25) is 5.02 Å². The van der Waals surface area contributed by atoms with Crippen molar-refractivity contribution in [2.75, 3.05) is 20.2 Å². The first kappa shape index (κ1) is 22.5. The minimum atomic E-state index is -0.173. The lowest BCUT2D eigenvalue weighted by atomic mass is 9.97. The molecule has 0 atom stereocenters. The number of nitrogens with zero attached hydrogens (tertiary/aromatic N) is 2. The number of methoxy groups -OCH3 is 1. The van der Waals surface area contributed by atoms with Gasteiger partial charge in [0, 0.05) is 34.3 Å². The molecule has 1 amide bonds. The van der Waals surface area contributed by atoms with Gasteiger partial charge in [0.1, 0.15) is 11.6 Å². The summed E-state index contributed by atoms with van der Waals surface area (Å²) in [5.41, 5.74) is 3.42. The van der Waals surface area contributed by atoms with E-state index in [1.807, 2.05) is 49.4 Å². The molecule has 6 heteroatoms. The number of hydrogen-bond donors (Lipinski definition) is 0. The average Bonchev–Trinajstić information content (AvgIpc) is 3.34. The van der Waals surface area contributed by atoms with E-state index in [4.69, 9.17) is 16.3 Å². The van der Waals surface area contributed by atoms with Gasteiger partial charge in [-0.1, -0.05) is 48.0 Å². The Labute approximate surface area is 198 Å². The van der Waals surface area contributed by atoms with Gasteiger partial charge in [-0.3, -0.25) is 19.5 Å². The van der Waals surface area contributed by atoms with Crippen LogP contribution in [0.3, 0.4) is 0 Å². The van der Waals surface area contributed by atoms with Gasteiger partial charge in [-0.25, -0.2) is 0 Å². The summed E-state index contributed by atoms with van der Waals surface area (Å²) in [4.78, 5) is 32.6. The van der Waals surface area contributed by atoms with Crippen molar-refractivity contribution in [3.8, 4) is 5.75 Å². The zero-order valence-electron chi connectivity index (χ0n) is 18.4. The summed E-state index contributed by atoms with van der Waals surface area (Å²) in [6, 6.07) is 21.6. The molecule has 0 unspecified atom stereocenters. The predicted molar refractivity (Wildman–Crippen MR) is 131 cm³/mol. The number of carbonyl (C=O) groups excluding carboxylic acids is 2. The number of hydrogen-bond acceptors (Lipinski definition) is 4. The summed E-state index contributed by atoms with van der Waals surface area (Å²) >= 11 is 5.97. The summed E-state index contributed by atoms with van der Waals surface area (Å²) in [7, 11) is 1.62. The van der Waals surface area contributed by atoms with Gasteiger partial charge in [-0.2, -0.15) is 0 Å². The highest BCUT2D eigenvalue weighted by Gasteiger charge is 2.27. The number of aliphatic imine (C=N–C) groups is 1. The fourth-order valence-electron chi connectivity index (χ4n) is 3.73. The predicted octanol–water partition coefficient (Wildman–Crippen LogP) is 5.27. The molecular weight excluding hydrogens is 436 g/mol. The molecule has 1 aliphatic heterocycles. The number of benzene rings is 3. The molecule has 0 radical (unpaired) electrons. The first-order chi connectivity index (χ1) is 16.0. The number of amides is 1. The number of allylic oxidation sites excluding steroid dienone is 1. The summed E-state index contributed by atoms with van der Waals surface area (Å²) in [6.45, 7) is 2.84. The van der Waals surface area contributed by atoms with Crippen LogP contribution < -0.4 is 4.74 Å². The molecule has 3 aromatic rings. The third-order valence-electron chi connectivity index (χ3n) is 5.51. The molecule has 0 saturated heterocycles. The van der Waals surface area contributed by atoms with Crippen molar-refractivity contribution in [3.63, 3.8) is 0 Å². The summed E-state index contributed by atoms with van der Waals surface area (Å²) in [6.07, 6.45) is 1.60. The van der Waals surface area contributed by atoms with Crippen molar-refractivity contribution < 1.29 is 14.3 Å². The van der Waals surface area contributed by atoms with Crippen LogP contribution >= 0.6 is 11.6 Å². The Bertz CT molecular complexity index is 1250. The van der Waals surface area contributed by atoms with E-state index in [2.05, 4.69) is 4.99 Å². The Balaban J connectivity index is 1.61. The number of ether oxygens (including phenoxy) is 1. The molecule has 0 aromatic heterocycles. The van der Waals surface area contributed by atoms with Gasteiger partial charge in [0.15, 0.2) is 5.78 Å². The standard InChI is InChI=1S/C27H23ClN2O3/c1-18(19-9-13-22(33-2)14-10-19)17-25(31)30-16-15-29-27(30)24-6-4-3-5-23(24)26(32)20-7-11-21(28)12-8-20/h3-14,17H,15-16H2,1-2H3/b18-17+. The molecule has 166 valence electrons. The fourth-order valence-corrected chi connectivity index (χ4v) is 3.85. The maximum atomic E-state index is 13.2. The first-order valence-electron chi connectivity index (χ1n) is 10.6. The molecule has 0 N–H and O–H groups in total. The Morgan fingerprint density at radius 1 is 0.970 bits per heavy atom. The molecule has 1 heterocycles. The number of ketones is 1. The lowest BCUT2D eigenvalue weighted by Gasteiger charge is -2.19. The maximum absolute atomic E-state index is 13.2. The summed E-state index contributed by atoms with van der Waals surface area (Å²) < 4.78 is 5.20. The molecular formula is C27H23ClN2O3. The number of halogens is 1. The highest BCUT2D eigenvalue weighted by Crippen LogP contribution is 2.23. The summed E-state index contributed by atoms with van der Waals surface area (Å²) in [5.74, 6) is 0.952. The highest BCUT2D eigenvalue weighted by atomic mass is 35.5. The van der Waals surface area contributed by atoms with E-state index in [9.17, 15) is 9.59 Å². The quantitative estimate of drug-likeness (QED) is 0.373. The molecule has 33 heavy (non-hydrogen) atoms. The van der Waals surface area contributed by atoms with Crippen LogP contribution in [0.15, 0.2) is 83.9 Å². The molecule has 0 fully saturated rings. The monoisotopic (exact) mass is 458 g/mol. The van der Waals surface area contributed by atoms with E-state index in [0.717, 1.165) is 16.9 Å². The Morgan fingerprint density at radius 2 is 1.64 bits per heavy atom. The second kappa shape index (κ2) is 9.84. The molecule has 4 rings (SSSR count). The van der Waals surface area contributed by atoms with Gasteiger partial charge in [-0.15, -0.1) is 0 Å². The molecule has 0 spiro atoms. The van der Waals surface area contributed by atoms with Crippen molar-refractivity contribution in [2.24, 2.45) is 4.99 Å². The van der Waals surface area contributed by atoms with Crippen LogP contribution in [0.4, 0.5) is 0 Å². The Hall–Kier alpha value is -3.70. The smallest absolute Gasteiger partial charge is 0.252 e. The van der Waals surface area contributed by atoms with E-state index in [-0.39, 0.29) is 11.7 Å². The van der Waals surface area contributed by atoms with Crippen LogP contribution in [-0.4, -0.2) is 42.6 Å². The molecule has 5 nitrogen and oxygen atoms in total. The van der Waals surface area contributed by atoms with Crippen LogP contribution in [0.5, 0.6) is 5.75 Å². The van der Waals surface area contributed by atoms with Gasteiger partial charge >= 0.3 is 0 Å². The zero-order valence-corrected chi connectivity index (χ0v) is 19.2. The highest BCUT2D eigenvalue weighted by molar-refractivity contribution is 6.30. The Morgan fingerprint density at radius 3 is 2.33 bits per heavy atom. The van der Waals surface area contributed by atoms with E-state index >= 15 is 0 Å². The van der Waals surface area contributed by atoms with E-state index in [1.54, 1.807) is 48.4 Å². The largest absolute Gasteiger partial charge is 0.497 e. The fraction of sp³-hybridized carbons (Fsp3) is 0.148. The molecule has 3 aromatic carbocycles. The van der Waals surface area contributed by atoms with Gasteiger partial charge in [0.05, 0.1) is 13.7 Å². The van der Waals surface area contributed by atoms with Crippen molar-refractivity contribution >= 4 is 34.7 Å². The second-order valence-electron chi connectivity index (χ2n) is 7.63. The van der Waals surface area contributed by atoms with Crippen molar-refractivity contribution in [1.29, 1.82) is 0 Å². The minimum Gasteiger partial charge on any atom is -0.497 e. The molecule has 0 saturated carbocycles. The number of amidine groups is 1. The van der Waals surface area contributed by atoms with E-state index in [0.29, 0.717) is 40.6 Å². The van der Waals surface area contributed by atoms with Gasteiger partial charge in [-0.05, 0) is 54.5 Å². The van der Waals surface area contributed by atoms with Gasteiger partial charge in [0.25, 0.3) is 5.91 Å². The number of carbonyl (C=O) groups is 2. The van der Waals surface area contributed by atoms with Crippen LogP contribution in [0, 0.1) is 0 Å². The van der Waals surface area contributed by atoms with Crippen molar-refractivity contribution in [3.05, 3.63) is 106 Å². The lowest BCUT2D eigenvalue weighted by Crippen LogP contribution is -2.34. The summed E-state index contributed by atoms with van der Waals surface area (Å²) in [5, 5.41) is 0.566. The lowest BCUT2D eigenvalue weighted by molar-refractivity contribution is -0.122. The average molecular weight is 459 g/mol. The van der Waals surface area contributed by atoms with E-state index in [1.165, 1.54) is 0 Å². The van der Waals surface area contributed by atoms with Crippen LogP contribution in [-0.2, 0) is 4.79 Å². The van der Waals surface area contributed by atoms with Gasteiger partial charge in [0.2, 0.25) is 0 Å². The van der Waals surface area contributed by atoms with Crippen LogP contribution in [0.25, 0.3) is 5.57 Å². The third kappa shape index (κ3) is 4.89. The number of rotatable bonds is 6. The SMILES string of the molecule is COc1ccc(/C(C)=C/C(=O)N2CCN=C2c2ccccc2C(=O)c2ccc(Cl)cc2)cc1. The van der Waals surface area contributed by atoms with Crippen molar-refractivity contribution in [2.45, 2.75) is 6.92 Å². The van der Waals surface area contributed by atoms with Gasteiger partial charge < -0.3 is 4.74 Å². The molecule has 0 bridgehead atoms. The normalized spacial score (nSPS) is 13.6. The third-order valence-corrected chi connectivity index (χ3v) is 5.76. The second-order valence-corrected chi connectivity index (χ2v) is 8.07. The first-order valence-corrected chi connectivity index (χ1v) is 10.9. The minimum absolute atomic E-state index is 0.144. The van der Waals surface area contributed by atoms with Crippen LogP contribution in [0.1, 0.15) is 34.0 Å². The molecule has 0 aliphatic carbocycles. The topological polar surface area (TPSA) is 59.0 Å². The maximum Gasteiger partial charge on any atom is 0.252 e. The van der Waals surface area contributed by atoms with Crippen molar-refractivity contribution in [1.82, 2.24) is 4.90 Å². The van der Waals surface area contributed by atoms with E-state index < -0.39 is 0 Å². The zero-order chi connectivity index (χ0) is 23.4.